The first-order chi connectivity index (χ1) is 27.6. The number of ether oxygens (including phenoxy) is 4. The van der Waals surface area contributed by atoms with Gasteiger partial charge in [-0.2, -0.15) is 0 Å². The molecule has 2 aromatic carbocycles. The first-order valence-corrected chi connectivity index (χ1v) is 20.9. The summed E-state index contributed by atoms with van der Waals surface area (Å²) in [4.78, 5) is 39.9. The molecule has 0 atom stereocenters. The highest BCUT2D eigenvalue weighted by molar-refractivity contribution is 9.11. The number of hydrogen-bond donors (Lipinski definition) is 2. The van der Waals surface area contributed by atoms with Crippen LogP contribution in [0.5, 0.6) is 23.0 Å². The van der Waals surface area contributed by atoms with Crippen LogP contribution in [-0.4, -0.2) is 121 Å². The fourth-order valence-corrected chi connectivity index (χ4v) is 9.01. The normalized spacial score (nSPS) is 14.6. The highest BCUT2D eigenvalue weighted by Gasteiger charge is 2.23. The predicted octanol–water partition coefficient (Wildman–Crippen LogP) is 7.36. The van der Waals surface area contributed by atoms with E-state index in [1.807, 2.05) is 53.9 Å². The number of pyridine rings is 1. The summed E-state index contributed by atoms with van der Waals surface area (Å²) < 4.78 is 22.8. The van der Waals surface area contributed by atoms with Crippen LogP contribution in [0, 0.1) is 0 Å². The number of carbonyl (C=O) groups excluding carboxylic acids is 2. The van der Waals surface area contributed by atoms with Crippen molar-refractivity contribution in [1.29, 1.82) is 0 Å². The first kappa shape index (κ1) is 41.8. The highest BCUT2D eigenvalue weighted by atomic mass is 79.9. The number of benzene rings is 2. The number of methoxy groups -OCH3 is 4. The minimum absolute atomic E-state index is 0.196. The molecule has 7 rings (SSSR count). The summed E-state index contributed by atoms with van der Waals surface area (Å²) in [5.41, 5.74) is 5.43. The maximum Gasteiger partial charge on any atom is 0.260 e. The van der Waals surface area contributed by atoms with Crippen LogP contribution in [-0.2, 0) is 0 Å². The second kappa shape index (κ2) is 19.5. The van der Waals surface area contributed by atoms with E-state index in [0.717, 1.165) is 101 Å². The van der Waals surface area contributed by atoms with Gasteiger partial charge >= 0.3 is 0 Å². The van der Waals surface area contributed by atoms with Crippen LogP contribution in [0.25, 0.3) is 10.4 Å². The van der Waals surface area contributed by atoms with E-state index < -0.39 is 0 Å². The Morgan fingerprint density at radius 1 is 0.632 bits per heavy atom. The molecule has 302 valence electrons. The summed E-state index contributed by atoms with van der Waals surface area (Å²) >= 11 is 6.31. The molecule has 0 radical (unpaired) electrons. The van der Waals surface area contributed by atoms with Crippen LogP contribution in [0.3, 0.4) is 0 Å². The molecule has 0 saturated carbocycles. The molecule has 5 heterocycles. The van der Waals surface area contributed by atoms with E-state index in [0.29, 0.717) is 22.6 Å². The maximum atomic E-state index is 13.1. The molecule has 16 heteroatoms. The minimum atomic E-state index is -0.206. The summed E-state index contributed by atoms with van der Waals surface area (Å²) in [6.07, 6.45) is 3.46. The van der Waals surface area contributed by atoms with E-state index in [-0.39, 0.29) is 11.8 Å². The summed E-state index contributed by atoms with van der Waals surface area (Å²) in [6, 6.07) is 15.3. The van der Waals surface area contributed by atoms with E-state index >= 15 is 0 Å². The molecule has 5 aromatic rings. The van der Waals surface area contributed by atoms with E-state index in [9.17, 15) is 9.59 Å². The third-order valence-corrected chi connectivity index (χ3v) is 12.5. The van der Waals surface area contributed by atoms with Crippen molar-refractivity contribution in [2.24, 2.45) is 0 Å². The molecule has 0 unspecified atom stereocenters. The Morgan fingerprint density at radius 3 is 1.54 bits per heavy atom. The number of thiophene rings is 2. The molecule has 2 saturated heterocycles. The molecular formula is C41H48BrN7O6S2. The highest BCUT2D eigenvalue weighted by Crippen LogP contribution is 2.40. The number of hydrogen-bond acceptors (Lipinski definition) is 13. The fourth-order valence-electron chi connectivity index (χ4n) is 6.60. The lowest BCUT2D eigenvalue weighted by Crippen LogP contribution is -2.44. The molecule has 2 aliphatic heterocycles. The Morgan fingerprint density at radius 2 is 1.09 bits per heavy atom. The minimum Gasteiger partial charge on any atom is -0.495 e. The number of amides is 2. The number of aromatic nitrogens is 1. The van der Waals surface area contributed by atoms with E-state index in [4.69, 9.17) is 18.9 Å². The summed E-state index contributed by atoms with van der Waals surface area (Å²) in [5, 5.41) is 9.59. The van der Waals surface area contributed by atoms with Gasteiger partial charge in [0.2, 0.25) is 0 Å². The molecule has 0 aliphatic carbocycles. The number of carbonyl (C=O) groups is 2. The average molecular weight is 879 g/mol. The number of anilines is 4. The average Bonchev–Trinajstić information content (AvgIpc) is 3.85. The molecular weight excluding hydrogens is 831 g/mol. The lowest BCUT2D eigenvalue weighted by atomic mass is 10.1. The van der Waals surface area contributed by atoms with Gasteiger partial charge in [-0.15, -0.1) is 22.7 Å². The van der Waals surface area contributed by atoms with Crippen LogP contribution in [0.1, 0.15) is 20.7 Å². The topological polar surface area (TPSA) is 121 Å². The second-order valence-electron chi connectivity index (χ2n) is 13.5. The lowest BCUT2D eigenvalue weighted by molar-refractivity contribution is 0.101. The quantitative estimate of drug-likeness (QED) is 0.139. The molecule has 13 nitrogen and oxygen atoms in total. The van der Waals surface area contributed by atoms with Gasteiger partial charge in [0.25, 0.3) is 11.8 Å². The first-order valence-electron chi connectivity index (χ1n) is 18.4. The molecule has 3 aromatic heterocycles. The van der Waals surface area contributed by atoms with Crippen LogP contribution in [0.4, 0.5) is 22.7 Å². The lowest BCUT2D eigenvalue weighted by Gasteiger charge is -2.34. The molecule has 2 fully saturated rings. The third kappa shape index (κ3) is 9.99. The number of nitrogens with zero attached hydrogens (tertiary/aromatic N) is 5. The van der Waals surface area contributed by atoms with Gasteiger partial charge in [-0.3, -0.25) is 14.6 Å². The van der Waals surface area contributed by atoms with Crippen molar-refractivity contribution in [2.75, 3.05) is 115 Å². The zero-order valence-corrected chi connectivity index (χ0v) is 36.2. The molecule has 2 N–H and O–H groups in total. The van der Waals surface area contributed by atoms with Crippen LogP contribution in [0.15, 0.2) is 75.5 Å². The summed E-state index contributed by atoms with van der Waals surface area (Å²) in [7, 11) is 10.7. The zero-order valence-electron chi connectivity index (χ0n) is 33.0. The van der Waals surface area contributed by atoms with Gasteiger partial charge < -0.3 is 49.2 Å². The Labute approximate surface area is 350 Å². The fraction of sp³-hybridized carbons (Fsp3) is 0.341. The zero-order chi connectivity index (χ0) is 40.5. The predicted molar refractivity (Wildman–Crippen MR) is 234 cm³/mol. The second-order valence-corrected chi connectivity index (χ2v) is 16.5. The molecule has 57 heavy (non-hydrogen) atoms. The Bertz CT molecular complexity index is 2130. The van der Waals surface area contributed by atoms with Gasteiger partial charge in [0, 0.05) is 86.9 Å². The number of halogens is 1. The monoisotopic (exact) mass is 877 g/mol. The van der Waals surface area contributed by atoms with Gasteiger partial charge in [0.05, 0.1) is 55.8 Å². The van der Waals surface area contributed by atoms with Crippen molar-refractivity contribution in [1.82, 2.24) is 14.8 Å². The van der Waals surface area contributed by atoms with E-state index in [2.05, 4.69) is 65.2 Å². The van der Waals surface area contributed by atoms with Gasteiger partial charge in [-0.1, -0.05) is 0 Å². The number of piperazine rings is 2. The molecule has 0 spiro atoms. The van der Waals surface area contributed by atoms with Crippen molar-refractivity contribution in [2.45, 2.75) is 0 Å². The molecule has 2 amide bonds. The van der Waals surface area contributed by atoms with Crippen LogP contribution >= 0.6 is 38.6 Å². The van der Waals surface area contributed by atoms with E-state index in [1.165, 1.54) is 22.7 Å². The van der Waals surface area contributed by atoms with Crippen LogP contribution < -0.4 is 39.4 Å². The van der Waals surface area contributed by atoms with Crippen molar-refractivity contribution in [3.05, 3.63) is 86.6 Å². The van der Waals surface area contributed by atoms with Crippen molar-refractivity contribution in [3.8, 4) is 33.4 Å². The maximum absolute atomic E-state index is 13.1. The summed E-state index contributed by atoms with van der Waals surface area (Å²) in [5.74, 6) is 2.34. The van der Waals surface area contributed by atoms with Gasteiger partial charge in [-0.25, -0.2) is 0 Å². The third-order valence-electron chi connectivity index (χ3n) is 9.85. The SMILES string of the molecule is COc1ccc(NC(=O)c2csc(-c3ccncc3)c2OC)cc1N1CCN(C)CC1.COc1ccc(NC(=O)c2csc(Br)c2OC)cc1N1CCN(C)CC1. The Hall–Kier alpha value is -4.87. The Balaban J connectivity index is 0.000000196. The van der Waals surface area contributed by atoms with Crippen LogP contribution in [0.2, 0.25) is 0 Å². The van der Waals surface area contributed by atoms with Crippen molar-refractivity contribution < 1.29 is 28.5 Å². The smallest absolute Gasteiger partial charge is 0.260 e. The van der Waals surface area contributed by atoms with E-state index in [1.54, 1.807) is 46.2 Å². The van der Waals surface area contributed by atoms with Crippen molar-refractivity contribution in [3.63, 3.8) is 0 Å². The Kier molecular flexibility index (Phi) is 14.3. The molecule has 0 bridgehead atoms. The van der Waals surface area contributed by atoms with Crippen molar-refractivity contribution >= 4 is 73.2 Å². The number of rotatable bonds is 11. The number of likely N-dealkylation sites (N-methyl/N-ethyl adjacent to an activating group) is 2. The van der Waals surface area contributed by atoms with Gasteiger partial charge in [-0.05, 0) is 84.1 Å². The summed E-state index contributed by atoms with van der Waals surface area (Å²) in [6.45, 7) is 7.66. The largest absolute Gasteiger partial charge is 0.495 e. The van der Waals surface area contributed by atoms with Gasteiger partial charge in [0.15, 0.2) is 5.75 Å². The standard InChI is InChI=1S/C23H26N4O3S.C18H22BrN3O3S/c1-26-10-12-27(13-11-26)19-14-17(4-5-20(19)29-2)25-23(28)18-15-31-22(21(18)30-3)16-6-8-24-9-7-16;1-21-6-8-22(9-7-21)14-10-12(4-5-15(14)24-2)20-18(23)13-11-26-17(19)16(13)25-3/h4-9,14-15H,10-13H2,1-3H3,(H,25,28);4-5,10-11H,6-9H2,1-3H3,(H,20,23). The van der Waals surface area contributed by atoms with Gasteiger partial charge in [0.1, 0.15) is 21.0 Å². The molecule has 2 aliphatic rings. The number of nitrogens with one attached hydrogen (secondary N) is 2.